The molecule has 0 bridgehead atoms. The predicted octanol–water partition coefficient (Wildman–Crippen LogP) is 2.96. The van der Waals surface area contributed by atoms with Crippen molar-refractivity contribution >= 4 is 32.7 Å². The van der Waals surface area contributed by atoms with Crippen molar-refractivity contribution in [2.45, 2.75) is 4.90 Å². The third-order valence-corrected chi connectivity index (χ3v) is 5.95. The van der Waals surface area contributed by atoms with Gasteiger partial charge in [0.1, 0.15) is 5.82 Å². The van der Waals surface area contributed by atoms with Crippen LogP contribution < -0.4 is 11.1 Å². The van der Waals surface area contributed by atoms with E-state index in [0.29, 0.717) is 17.0 Å². The van der Waals surface area contributed by atoms with Gasteiger partial charge in [-0.3, -0.25) is 0 Å². The Morgan fingerprint density at radius 2 is 1.78 bits per heavy atom. The predicted molar refractivity (Wildman–Crippen MR) is 106 cm³/mol. The van der Waals surface area contributed by atoms with Crippen LogP contribution in [-0.4, -0.2) is 29.4 Å². The van der Waals surface area contributed by atoms with Gasteiger partial charge in [-0.15, -0.1) is 0 Å². The van der Waals surface area contributed by atoms with E-state index in [9.17, 15) is 8.42 Å². The summed E-state index contributed by atoms with van der Waals surface area (Å²) in [5, 5.41) is 3.73. The first kappa shape index (κ1) is 17.0. The molecule has 0 aliphatic heterocycles. The van der Waals surface area contributed by atoms with E-state index < -0.39 is 10.0 Å². The molecule has 0 spiro atoms. The summed E-state index contributed by atoms with van der Waals surface area (Å²) in [6.07, 6.45) is 1.56. The van der Waals surface area contributed by atoms with Crippen LogP contribution in [0.4, 0.5) is 11.8 Å². The smallest absolute Gasteiger partial charge is 0.268 e. The number of nitrogens with zero attached hydrogens (tertiary/aromatic N) is 3. The van der Waals surface area contributed by atoms with Crippen LogP contribution in [0.25, 0.3) is 22.2 Å². The molecule has 0 unspecified atom stereocenters. The average Bonchev–Trinajstić information content (AvgIpc) is 3.12. The third kappa shape index (κ3) is 3.00. The number of nitrogen functional groups attached to an aromatic ring is 1. The Hall–Kier alpha value is -3.39. The van der Waals surface area contributed by atoms with E-state index in [-0.39, 0.29) is 10.8 Å². The molecule has 4 aromatic rings. The van der Waals surface area contributed by atoms with Crippen LogP contribution in [0, 0.1) is 0 Å². The second kappa shape index (κ2) is 6.40. The largest absolute Gasteiger partial charge is 0.373 e. The molecule has 0 saturated heterocycles. The summed E-state index contributed by atoms with van der Waals surface area (Å²) in [7, 11) is -1.90. The molecular weight excluding hydrogens is 362 g/mol. The van der Waals surface area contributed by atoms with E-state index in [1.165, 1.54) is 3.97 Å². The van der Waals surface area contributed by atoms with Crippen molar-refractivity contribution in [3.63, 3.8) is 0 Å². The minimum atomic E-state index is -3.66. The lowest BCUT2D eigenvalue weighted by molar-refractivity contribution is 0.589. The molecule has 7 nitrogen and oxygen atoms in total. The molecule has 2 heterocycles. The van der Waals surface area contributed by atoms with E-state index in [4.69, 9.17) is 5.73 Å². The first-order valence-electron chi connectivity index (χ1n) is 8.23. The standard InChI is InChI=1S/C19H17N5O2S/c1-21-18-12-16(22-19(20)23-18)13-7-8-17-14(11-13)9-10-24(17)27(25,26)15-5-3-2-4-6-15/h2-12H,1H3,(H3,20,21,22,23). The van der Waals surface area contributed by atoms with E-state index in [1.54, 1.807) is 61.8 Å². The Morgan fingerprint density at radius 3 is 2.52 bits per heavy atom. The second-order valence-corrected chi connectivity index (χ2v) is 7.76. The first-order chi connectivity index (χ1) is 13.0. The van der Waals surface area contributed by atoms with Crippen LogP contribution in [0.15, 0.2) is 71.8 Å². The highest BCUT2D eigenvalue weighted by Gasteiger charge is 2.18. The van der Waals surface area contributed by atoms with Gasteiger partial charge in [-0.25, -0.2) is 17.4 Å². The number of anilines is 2. The Morgan fingerprint density at radius 1 is 1.00 bits per heavy atom. The van der Waals surface area contributed by atoms with Crippen molar-refractivity contribution in [1.29, 1.82) is 0 Å². The van der Waals surface area contributed by atoms with Gasteiger partial charge in [0.05, 0.1) is 16.1 Å². The van der Waals surface area contributed by atoms with Crippen molar-refractivity contribution in [2.24, 2.45) is 0 Å². The zero-order valence-electron chi connectivity index (χ0n) is 14.5. The molecule has 0 aliphatic rings. The van der Waals surface area contributed by atoms with Crippen LogP contribution >= 0.6 is 0 Å². The van der Waals surface area contributed by atoms with Crippen molar-refractivity contribution in [3.05, 3.63) is 66.9 Å². The fourth-order valence-corrected chi connectivity index (χ4v) is 4.31. The fourth-order valence-electron chi connectivity index (χ4n) is 2.93. The molecule has 3 N–H and O–H groups in total. The molecule has 0 aliphatic carbocycles. The van der Waals surface area contributed by atoms with Crippen LogP contribution in [0.5, 0.6) is 0 Å². The number of hydrogen-bond donors (Lipinski definition) is 2. The topological polar surface area (TPSA) is 103 Å². The molecule has 2 aromatic heterocycles. The quantitative estimate of drug-likeness (QED) is 0.565. The van der Waals surface area contributed by atoms with Crippen molar-refractivity contribution in [2.75, 3.05) is 18.1 Å². The summed E-state index contributed by atoms with van der Waals surface area (Å²) in [6.45, 7) is 0. The van der Waals surface area contributed by atoms with Gasteiger partial charge < -0.3 is 11.1 Å². The highest BCUT2D eigenvalue weighted by Crippen LogP contribution is 2.28. The molecule has 27 heavy (non-hydrogen) atoms. The number of rotatable bonds is 4. The maximum Gasteiger partial charge on any atom is 0.268 e. The van der Waals surface area contributed by atoms with Gasteiger partial charge in [0.15, 0.2) is 0 Å². The summed E-state index contributed by atoms with van der Waals surface area (Å²) >= 11 is 0. The van der Waals surface area contributed by atoms with Crippen molar-refractivity contribution in [1.82, 2.24) is 13.9 Å². The van der Waals surface area contributed by atoms with Crippen LogP contribution in [0.1, 0.15) is 0 Å². The molecule has 0 amide bonds. The number of nitrogens with one attached hydrogen (secondary N) is 1. The normalized spacial score (nSPS) is 11.6. The number of benzene rings is 2. The maximum atomic E-state index is 12.9. The maximum absolute atomic E-state index is 12.9. The molecule has 0 atom stereocenters. The zero-order chi connectivity index (χ0) is 19.0. The van der Waals surface area contributed by atoms with Gasteiger partial charge in [0.25, 0.3) is 10.0 Å². The molecule has 0 saturated carbocycles. The summed E-state index contributed by atoms with van der Waals surface area (Å²) in [6, 6.07) is 17.4. The Labute approximate surface area is 156 Å². The van der Waals surface area contributed by atoms with Crippen molar-refractivity contribution < 1.29 is 8.42 Å². The third-order valence-electron chi connectivity index (χ3n) is 4.25. The second-order valence-electron chi connectivity index (χ2n) is 5.95. The van der Waals surface area contributed by atoms with E-state index in [1.807, 2.05) is 12.1 Å². The highest BCUT2D eigenvalue weighted by atomic mass is 32.2. The van der Waals surface area contributed by atoms with Gasteiger partial charge in [-0.1, -0.05) is 24.3 Å². The van der Waals surface area contributed by atoms with E-state index >= 15 is 0 Å². The summed E-state index contributed by atoms with van der Waals surface area (Å²) in [4.78, 5) is 8.59. The van der Waals surface area contributed by atoms with Gasteiger partial charge in [0, 0.05) is 30.3 Å². The van der Waals surface area contributed by atoms with Crippen LogP contribution in [-0.2, 0) is 10.0 Å². The zero-order valence-corrected chi connectivity index (χ0v) is 15.3. The molecule has 4 rings (SSSR count). The average molecular weight is 379 g/mol. The molecule has 0 radical (unpaired) electrons. The summed E-state index contributed by atoms with van der Waals surface area (Å²) in [5.41, 5.74) is 7.84. The molecule has 8 heteroatoms. The minimum absolute atomic E-state index is 0.168. The number of aromatic nitrogens is 3. The molecule has 136 valence electrons. The monoisotopic (exact) mass is 379 g/mol. The Bertz CT molecular complexity index is 1230. The SMILES string of the molecule is CNc1cc(-c2ccc3c(ccn3S(=O)(=O)c3ccccc3)c2)nc(N)n1. The van der Waals surface area contributed by atoms with Gasteiger partial charge in [-0.05, 0) is 30.3 Å². The molecular formula is C19H17N5O2S. The highest BCUT2D eigenvalue weighted by molar-refractivity contribution is 7.90. The van der Waals surface area contributed by atoms with Crippen LogP contribution in [0.3, 0.4) is 0 Å². The minimum Gasteiger partial charge on any atom is -0.373 e. The summed E-state index contributed by atoms with van der Waals surface area (Å²) in [5.74, 6) is 0.781. The lowest BCUT2D eigenvalue weighted by Crippen LogP contribution is -2.11. The lowest BCUT2D eigenvalue weighted by atomic mass is 10.1. The number of nitrogens with two attached hydrogens (primary N) is 1. The molecule has 0 fully saturated rings. The van der Waals surface area contributed by atoms with E-state index in [0.717, 1.165) is 10.9 Å². The fraction of sp³-hybridized carbons (Fsp3) is 0.0526. The number of fused-ring (bicyclic) bond motifs is 1. The summed E-state index contributed by atoms with van der Waals surface area (Å²) < 4.78 is 27.1. The molecule has 2 aromatic carbocycles. The lowest BCUT2D eigenvalue weighted by Gasteiger charge is -2.09. The number of hydrogen-bond acceptors (Lipinski definition) is 6. The van der Waals surface area contributed by atoms with Gasteiger partial charge in [-0.2, -0.15) is 4.98 Å². The van der Waals surface area contributed by atoms with Crippen LogP contribution in [0.2, 0.25) is 0 Å². The van der Waals surface area contributed by atoms with Gasteiger partial charge >= 0.3 is 0 Å². The van der Waals surface area contributed by atoms with E-state index in [2.05, 4.69) is 15.3 Å². The van der Waals surface area contributed by atoms with Gasteiger partial charge in [0.2, 0.25) is 5.95 Å². The first-order valence-corrected chi connectivity index (χ1v) is 9.67. The van der Waals surface area contributed by atoms with Crippen molar-refractivity contribution in [3.8, 4) is 11.3 Å². The Kier molecular flexibility index (Phi) is 4.04. The Balaban J connectivity index is 1.82.